The molecule has 2 heterocycles. The molecule has 0 unspecified atom stereocenters. The van der Waals surface area contributed by atoms with Crippen LogP contribution >= 0.6 is 0 Å². The molecule has 0 amide bonds. The molecule has 0 saturated carbocycles. The molecule has 0 saturated heterocycles. The van der Waals surface area contributed by atoms with Gasteiger partial charge in [0, 0.05) is 62.0 Å². The van der Waals surface area contributed by atoms with Crippen molar-refractivity contribution >= 4 is 67.0 Å². The molecule has 0 fully saturated rings. The standard InChI is InChI=1S/C69H50N6/c1-69(2)61-43-50-41-57(72(51-25-11-5-12-26-51)53-29-19-31-55(44-53)74-65-35-17-15-33-63(65)70-67(74)47-21-7-3-8-22-47)38-37-49(50)42-60(61)59-40-39-58(46-62(59)69)73(52-27-13-6-14-28-52)54-30-20-32-56(45-54)75-66-36-18-16-34-64(66)71-68(75)48-23-9-4-10-24-48/h3-46H,1-2H3. The van der Waals surface area contributed by atoms with Crippen LogP contribution in [0.3, 0.4) is 0 Å². The van der Waals surface area contributed by atoms with E-state index in [1.54, 1.807) is 0 Å². The molecule has 75 heavy (non-hydrogen) atoms. The van der Waals surface area contributed by atoms with Gasteiger partial charge in [-0.05, 0) is 154 Å². The molecule has 6 nitrogen and oxygen atoms in total. The number of imidazole rings is 2. The van der Waals surface area contributed by atoms with Crippen molar-refractivity contribution in [3.8, 4) is 45.3 Å². The fraction of sp³-hybridized carbons (Fsp3) is 0.0435. The third-order valence-electron chi connectivity index (χ3n) is 15.0. The largest absolute Gasteiger partial charge is 0.310 e. The van der Waals surface area contributed by atoms with Crippen LogP contribution in [0.1, 0.15) is 25.0 Å². The van der Waals surface area contributed by atoms with Crippen LogP contribution in [0.15, 0.2) is 267 Å². The molecule has 2 aromatic heterocycles. The van der Waals surface area contributed by atoms with Gasteiger partial charge in [0.15, 0.2) is 0 Å². The fourth-order valence-electron chi connectivity index (χ4n) is 11.5. The maximum absolute atomic E-state index is 5.16. The van der Waals surface area contributed by atoms with Gasteiger partial charge in [-0.3, -0.25) is 9.13 Å². The second kappa shape index (κ2) is 17.8. The first-order valence-corrected chi connectivity index (χ1v) is 25.6. The molecular weight excluding hydrogens is 913 g/mol. The molecule has 14 rings (SSSR count). The Labute approximate surface area is 436 Å². The summed E-state index contributed by atoms with van der Waals surface area (Å²) in [5.74, 6) is 1.82. The minimum atomic E-state index is -0.285. The van der Waals surface area contributed by atoms with Gasteiger partial charge in [-0.1, -0.05) is 159 Å². The lowest BCUT2D eigenvalue weighted by Gasteiger charge is -2.28. The number of para-hydroxylation sites is 6. The number of fused-ring (bicyclic) bond motifs is 6. The molecule has 0 radical (unpaired) electrons. The Kier molecular flexibility index (Phi) is 10.4. The zero-order chi connectivity index (χ0) is 50.0. The summed E-state index contributed by atoms with van der Waals surface area (Å²) in [7, 11) is 0. The molecular formula is C69H50N6. The number of nitrogens with zero attached hydrogens (tertiary/aromatic N) is 6. The van der Waals surface area contributed by atoms with E-state index in [0.717, 1.165) is 90.3 Å². The number of aromatic nitrogens is 4. The maximum atomic E-state index is 5.16. The van der Waals surface area contributed by atoms with Crippen LogP contribution in [0.4, 0.5) is 34.1 Å². The van der Waals surface area contributed by atoms with E-state index in [2.05, 4.69) is 300 Å². The molecule has 0 N–H and O–H groups in total. The van der Waals surface area contributed by atoms with E-state index in [1.807, 2.05) is 0 Å². The Bertz CT molecular complexity index is 4270. The molecule has 13 aromatic rings. The molecule has 0 spiro atoms. The first-order chi connectivity index (χ1) is 36.9. The highest BCUT2D eigenvalue weighted by Gasteiger charge is 2.37. The highest BCUT2D eigenvalue weighted by atomic mass is 15.2. The van der Waals surface area contributed by atoms with E-state index in [0.29, 0.717) is 0 Å². The summed E-state index contributed by atoms with van der Waals surface area (Å²) in [5.41, 5.74) is 19.6. The smallest absolute Gasteiger partial charge is 0.145 e. The molecule has 0 aliphatic heterocycles. The van der Waals surface area contributed by atoms with Crippen molar-refractivity contribution < 1.29 is 0 Å². The second-order valence-corrected chi connectivity index (χ2v) is 19.9. The molecule has 1 aliphatic rings. The number of hydrogen-bond acceptors (Lipinski definition) is 4. The van der Waals surface area contributed by atoms with Crippen molar-refractivity contribution in [3.05, 3.63) is 278 Å². The lowest BCUT2D eigenvalue weighted by Crippen LogP contribution is -2.16. The Balaban J connectivity index is 0.854. The summed E-state index contributed by atoms with van der Waals surface area (Å²) in [5, 5.41) is 2.40. The zero-order valence-corrected chi connectivity index (χ0v) is 41.6. The number of hydrogen-bond donors (Lipinski definition) is 0. The topological polar surface area (TPSA) is 42.1 Å². The van der Waals surface area contributed by atoms with E-state index in [4.69, 9.17) is 9.97 Å². The first-order valence-electron chi connectivity index (χ1n) is 25.6. The van der Waals surface area contributed by atoms with Gasteiger partial charge >= 0.3 is 0 Å². The van der Waals surface area contributed by atoms with Crippen LogP contribution < -0.4 is 9.80 Å². The van der Waals surface area contributed by atoms with Crippen molar-refractivity contribution in [3.63, 3.8) is 0 Å². The third-order valence-corrected chi connectivity index (χ3v) is 15.0. The van der Waals surface area contributed by atoms with Crippen LogP contribution in [-0.2, 0) is 5.41 Å². The number of anilines is 6. The maximum Gasteiger partial charge on any atom is 0.145 e. The van der Waals surface area contributed by atoms with Crippen molar-refractivity contribution in [1.29, 1.82) is 0 Å². The van der Waals surface area contributed by atoms with E-state index >= 15 is 0 Å². The van der Waals surface area contributed by atoms with Gasteiger partial charge in [-0.15, -0.1) is 0 Å². The quantitative estimate of drug-likeness (QED) is 0.137. The minimum absolute atomic E-state index is 0.285. The monoisotopic (exact) mass is 962 g/mol. The summed E-state index contributed by atoms with van der Waals surface area (Å²) < 4.78 is 4.57. The first kappa shape index (κ1) is 44.0. The third kappa shape index (κ3) is 7.49. The van der Waals surface area contributed by atoms with Gasteiger partial charge < -0.3 is 9.80 Å². The second-order valence-electron chi connectivity index (χ2n) is 19.9. The van der Waals surface area contributed by atoms with Gasteiger partial charge in [-0.2, -0.15) is 0 Å². The lowest BCUT2D eigenvalue weighted by atomic mass is 9.81. The van der Waals surface area contributed by atoms with Crippen LogP contribution in [0.25, 0.3) is 78.1 Å². The summed E-state index contributed by atoms with van der Waals surface area (Å²) in [6.07, 6.45) is 0. The van der Waals surface area contributed by atoms with Crippen LogP contribution in [0, 0.1) is 0 Å². The average molecular weight is 963 g/mol. The fourth-order valence-corrected chi connectivity index (χ4v) is 11.5. The van der Waals surface area contributed by atoms with E-state index in [9.17, 15) is 0 Å². The molecule has 6 heteroatoms. The molecule has 11 aromatic carbocycles. The normalized spacial score (nSPS) is 12.5. The highest BCUT2D eigenvalue weighted by Crippen LogP contribution is 2.52. The number of rotatable bonds is 10. The van der Waals surface area contributed by atoms with Crippen molar-refractivity contribution in [2.24, 2.45) is 0 Å². The minimum Gasteiger partial charge on any atom is -0.310 e. The molecule has 0 atom stereocenters. The molecule has 0 bridgehead atoms. The van der Waals surface area contributed by atoms with Gasteiger partial charge in [0.25, 0.3) is 0 Å². The van der Waals surface area contributed by atoms with Gasteiger partial charge in [0.2, 0.25) is 0 Å². The van der Waals surface area contributed by atoms with Crippen LogP contribution in [-0.4, -0.2) is 19.1 Å². The highest BCUT2D eigenvalue weighted by molar-refractivity contribution is 5.97. The Morgan fingerprint density at radius 1 is 0.320 bits per heavy atom. The summed E-state index contributed by atoms with van der Waals surface area (Å²) in [6, 6.07) is 95.6. The van der Waals surface area contributed by atoms with E-state index in [1.165, 1.54) is 33.0 Å². The van der Waals surface area contributed by atoms with Gasteiger partial charge in [0.05, 0.1) is 22.1 Å². The SMILES string of the molecule is CC1(C)c2cc(N(c3ccccc3)c3cccc(-n4c(-c5ccccc5)nc5ccccc54)c3)ccc2-c2cc3ccc(N(c4ccccc4)c4cccc(-n5c(-c6ccccc6)nc6ccccc65)c4)cc3cc21. The molecule has 1 aliphatic carbocycles. The van der Waals surface area contributed by atoms with Crippen LogP contribution in [0.2, 0.25) is 0 Å². The Hall–Kier alpha value is -9.78. The van der Waals surface area contributed by atoms with Crippen molar-refractivity contribution in [2.45, 2.75) is 19.3 Å². The van der Waals surface area contributed by atoms with Crippen LogP contribution in [0.5, 0.6) is 0 Å². The Morgan fingerprint density at radius 2 is 0.747 bits per heavy atom. The summed E-state index contributed by atoms with van der Waals surface area (Å²) in [6.45, 7) is 4.76. The van der Waals surface area contributed by atoms with Crippen molar-refractivity contribution in [1.82, 2.24) is 19.1 Å². The number of benzene rings is 11. The summed E-state index contributed by atoms with van der Waals surface area (Å²) in [4.78, 5) is 15.1. The zero-order valence-electron chi connectivity index (χ0n) is 41.6. The summed E-state index contributed by atoms with van der Waals surface area (Å²) >= 11 is 0. The average Bonchev–Trinajstić information content (AvgIpc) is 4.18. The van der Waals surface area contributed by atoms with Gasteiger partial charge in [0.1, 0.15) is 11.6 Å². The van der Waals surface area contributed by atoms with Gasteiger partial charge in [-0.25, -0.2) is 9.97 Å². The lowest BCUT2D eigenvalue weighted by molar-refractivity contribution is 0.661. The van der Waals surface area contributed by atoms with E-state index < -0.39 is 0 Å². The van der Waals surface area contributed by atoms with Crippen molar-refractivity contribution in [2.75, 3.05) is 9.80 Å². The molecule has 356 valence electrons. The van der Waals surface area contributed by atoms with E-state index in [-0.39, 0.29) is 5.41 Å². The predicted octanol–water partition coefficient (Wildman–Crippen LogP) is 18.1. The predicted molar refractivity (Wildman–Crippen MR) is 311 cm³/mol. The Morgan fingerprint density at radius 3 is 1.28 bits per heavy atom.